The van der Waals surface area contributed by atoms with Crippen molar-refractivity contribution in [3.8, 4) is 5.88 Å². The van der Waals surface area contributed by atoms with Gasteiger partial charge in [0.1, 0.15) is 0 Å². The number of hydrogen-bond acceptors (Lipinski definition) is 2. The molecule has 66 valence electrons. The van der Waals surface area contributed by atoms with Gasteiger partial charge in [0.05, 0.1) is 12.5 Å². The smallest absolute Gasteiger partial charge is 0.250 e. The second-order valence-electron chi connectivity index (χ2n) is 2.16. The minimum absolute atomic E-state index is 0.0238. The summed E-state index contributed by atoms with van der Waals surface area (Å²) in [5.41, 5.74) is 0.412. The maximum atomic E-state index is 13.2. The number of alkyl halides is 1. The normalized spacial score (nSPS) is 9.92. The van der Waals surface area contributed by atoms with Crippen LogP contribution in [0.25, 0.3) is 0 Å². The molecule has 0 aliphatic heterocycles. The molecule has 1 heterocycles. The molecule has 0 aliphatic rings. The number of aromatic nitrogens is 1. The van der Waals surface area contributed by atoms with E-state index in [-0.39, 0.29) is 11.8 Å². The highest BCUT2D eigenvalue weighted by Crippen LogP contribution is 2.18. The van der Waals surface area contributed by atoms with E-state index in [9.17, 15) is 4.39 Å². The third-order valence-corrected chi connectivity index (χ3v) is 1.65. The Hall–Kier alpha value is -0.830. The van der Waals surface area contributed by atoms with Crippen molar-refractivity contribution in [2.45, 2.75) is 12.8 Å². The Kier molecular flexibility index (Phi) is 3.29. The number of halogens is 2. The molecule has 0 radical (unpaired) electrons. The first-order valence-corrected chi connectivity index (χ1v) is 4.15. The Morgan fingerprint density at radius 3 is 3.00 bits per heavy atom. The SMILES string of the molecule is CCOc1nccc(CCl)c1F. The predicted octanol–water partition coefficient (Wildman–Crippen LogP) is 2.36. The molecule has 0 bridgehead atoms. The van der Waals surface area contributed by atoms with Crippen molar-refractivity contribution in [1.82, 2.24) is 4.98 Å². The van der Waals surface area contributed by atoms with Gasteiger partial charge in [-0.25, -0.2) is 9.37 Å². The molecule has 1 rings (SSSR count). The quantitative estimate of drug-likeness (QED) is 0.681. The second kappa shape index (κ2) is 4.26. The zero-order valence-electron chi connectivity index (χ0n) is 6.68. The molecule has 0 aliphatic carbocycles. The van der Waals surface area contributed by atoms with E-state index in [2.05, 4.69) is 4.98 Å². The first-order chi connectivity index (χ1) is 5.79. The van der Waals surface area contributed by atoms with Crippen molar-refractivity contribution < 1.29 is 9.13 Å². The molecule has 0 amide bonds. The molecule has 0 N–H and O–H groups in total. The first kappa shape index (κ1) is 9.26. The van der Waals surface area contributed by atoms with Gasteiger partial charge < -0.3 is 4.74 Å². The lowest BCUT2D eigenvalue weighted by Gasteiger charge is -2.04. The number of nitrogens with zero attached hydrogens (tertiary/aromatic N) is 1. The Labute approximate surface area is 75.3 Å². The van der Waals surface area contributed by atoms with Gasteiger partial charge in [0.2, 0.25) is 0 Å². The van der Waals surface area contributed by atoms with E-state index in [1.54, 1.807) is 6.92 Å². The molecular formula is C8H9ClFNO. The van der Waals surface area contributed by atoms with Crippen molar-refractivity contribution in [3.05, 3.63) is 23.6 Å². The Balaban J connectivity index is 2.97. The van der Waals surface area contributed by atoms with Crippen LogP contribution in [0.1, 0.15) is 12.5 Å². The molecule has 0 fully saturated rings. The molecule has 12 heavy (non-hydrogen) atoms. The van der Waals surface area contributed by atoms with Crippen LogP contribution < -0.4 is 4.74 Å². The van der Waals surface area contributed by atoms with Crippen LogP contribution in [-0.2, 0) is 5.88 Å². The number of hydrogen-bond donors (Lipinski definition) is 0. The summed E-state index contributed by atoms with van der Waals surface area (Å²) in [6.07, 6.45) is 1.48. The summed E-state index contributed by atoms with van der Waals surface area (Å²) < 4.78 is 18.1. The molecular weight excluding hydrogens is 181 g/mol. The van der Waals surface area contributed by atoms with Crippen LogP contribution in [0.15, 0.2) is 12.3 Å². The Morgan fingerprint density at radius 2 is 2.42 bits per heavy atom. The highest BCUT2D eigenvalue weighted by Gasteiger charge is 2.08. The van der Waals surface area contributed by atoms with Gasteiger partial charge in [-0.1, -0.05) is 0 Å². The third kappa shape index (κ3) is 1.85. The van der Waals surface area contributed by atoms with Gasteiger partial charge in [-0.2, -0.15) is 0 Å². The lowest BCUT2D eigenvalue weighted by Crippen LogP contribution is -1.99. The molecule has 0 saturated carbocycles. The minimum Gasteiger partial charge on any atom is -0.476 e. The van der Waals surface area contributed by atoms with Crippen molar-refractivity contribution >= 4 is 11.6 Å². The van der Waals surface area contributed by atoms with Crippen molar-refractivity contribution in [2.75, 3.05) is 6.61 Å². The van der Waals surface area contributed by atoms with E-state index in [4.69, 9.17) is 16.3 Å². The van der Waals surface area contributed by atoms with Gasteiger partial charge in [-0.15, -0.1) is 11.6 Å². The van der Waals surface area contributed by atoms with Crippen LogP contribution in [0.4, 0.5) is 4.39 Å². The van der Waals surface area contributed by atoms with Crippen LogP contribution in [0.5, 0.6) is 5.88 Å². The lowest BCUT2D eigenvalue weighted by atomic mass is 10.3. The molecule has 0 aromatic carbocycles. The van der Waals surface area contributed by atoms with E-state index in [1.165, 1.54) is 12.3 Å². The zero-order valence-corrected chi connectivity index (χ0v) is 7.44. The van der Waals surface area contributed by atoms with E-state index in [0.717, 1.165) is 0 Å². The molecule has 4 heteroatoms. The van der Waals surface area contributed by atoms with Gasteiger partial charge in [0, 0.05) is 11.8 Å². The first-order valence-electron chi connectivity index (χ1n) is 3.61. The fourth-order valence-corrected chi connectivity index (χ4v) is 1.01. The second-order valence-corrected chi connectivity index (χ2v) is 2.42. The molecule has 2 nitrogen and oxygen atoms in total. The summed E-state index contributed by atoms with van der Waals surface area (Å²) >= 11 is 5.48. The summed E-state index contributed by atoms with van der Waals surface area (Å²) in [6.45, 7) is 2.17. The maximum Gasteiger partial charge on any atom is 0.250 e. The summed E-state index contributed by atoms with van der Waals surface area (Å²) in [5, 5.41) is 0. The van der Waals surface area contributed by atoms with Crippen LogP contribution in [0, 0.1) is 5.82 Å². The summed E-state index contributed by atoms with van der Waals surface area (Å²) in [5.74, 6) is -0.306. The molecule has 0 saturated heterocycles. The number of pyridine rings is 1. The predicted molar refractivity (Wildman–Crippen MR) is 44.9 cm³/mol. The Bertz CT molecular complexity index is 267. The van der Waals surface area contributed by atoms with Crippen LogP contribution in [0.2, 0.25) is 0 Å². The van der Waals surface area contributed by atoms with Crippen LogP contribution >= 0.6 is 11.6 Å². The standard InChI is InChI=1S/C8H9ClFNO/c1-2-12-8-7(10)6(5-9)3-4-11-8/h3-4H,2,5H2,1H3. The highest BCUT2D eigenvalue weighted by molar-refractivity contribution is 6.17. The minimum atomic E-state index is -0.464. The summed E-state index contributed by atoms with van der Waals surface area (Å²) in [7, 11) is 0. The summed E-state index contributed by atoms with van der Waals surface area (Å²) in [4.78, 5) is 3.72. The van der Waals surface area contributed by atoms with E-state index in [0.29, 0.717) is 12.2 Å². The average molecular weight is 190 g/mol. The zero-order chi connectivity index (χ0) is 8.97. The van der Waals surface area contributed by atoms with Gasteiger partial charge in [-0.05, 0) is 13.0 Å². The van der Waals surface area contributed by atoms with Gasteiger partial charge in [0.15, 0.2) is 5.82 Å². The molecule has 0 spiro atoms. The molecule has 1 aromatic heterocycles. The highest BCUT2D eigenvalue weighted by atomic mass is 35.5. The lowest BCUT2D eigenvalue weighted by molar-refractivity contribution is 0.306. The van der Waals surface area contributed by atoms with Gasteiger partial charge in [0.25, 0.3) is 5.88 Å². The Morgan fingerprint density at radius 1 is 1.67 bits per heavy atom. The molecule has 1 aromatic rings. The monoisotopic (exact) mass is 189 g/mol. The fraction of sp³-hybridized carbons (Fsp3) is 0.375. The van der Waals surface area contributed by atoms with Crippen molar-refractivity contribution in [1.29, 1.82) is 0 Å². The van der Waals surface area contributed by atoms with Crippen molar-refractivity contribution in [2.24, 2.45) is 0 Å². The van der Waals surface area contributed by atoms with Gasteiger partial charge in [-0.3, -0.25) is 0 Å². The molecule has 0 atom stereocenters. The van der Waals surface area contributed by atoms with E-state index < -0.39 is 5.82 Å². The van der Waals surface area contributed by atoms with E-state index in [1.807, 2.05) is 0 Å². The maximum absolute atomic E-state index is 13.2. The summed E-state index contributed by atoms with van der Waals surface area (Å²) in [6, 6.07) is 1.53. The molecule has 0 unspecified atom stereocenters. The fourth-order valence-electron chi connectivity index (χ4n) is 0.803. The third-order valence-electron chi connectivity index (χ3n) is 1.36. The number of ether oxygens (including phenoxy) is 1. The van der Waals surface area contributed by atoms with Crippen LogP contribution in [0.3, 0.4) is 0 Å². The van der Waals surface area contributed by atoms with E-state index >= 15 is 0 Å². The van der Waals surface area contributed by atoms with Crippen molar-refractivity contribution in [3.63, 3.8) is 0 Å². The van der Waals surface area contributed by atoms with Crippen LogP contribution in [-0.4, -0.2) is 11.6 Å². The topological polar surface area (TPSA) is 22.1 Å². The average Bonchev–Trinajstić information content (AvgIpc) is 2.09. The van der Waals surface area contributed by atoms with Gasteiger partial charge >= 0.3 is 0 Å². The number of rotatable bonds is 3. The largest absolute Gasteiger partial charge is 0.476 e.